The largest absolute Gasteiger partial charge is 0.511 e. The van der Waals surface area contributed by atoms with Gasteiger partial charge in [0.25, 0.3) is 5.56 Å². The summed E-state index contributed by atoms with van der Waals surface area (Å²) in [5.74, 6) is -1.78. The van der Waals surface area contributed by atoms with Crippen LogP contribution in [0.15, 0.2) is 21.9 Å². The fourth-order valence-electron chi connectivity index (χ4n) is 3.51. The second-order valence-electron chi connectivity index (χ2n) is 8.18. The van der Waals surface area contributed by atoms with Crippen LogP contribution in [0.2, 0.25) is 0 Å². The molecule has 7 atom stereocenters. The number of H-pyrrole nitrogens is 1. The average Bonchev–Trinajstić information content (AvgIpc) is 2.74. The van der Waals surface area contributed by atoms with Gasteiger partial charge in [-0.05, 0) is 20.8 Å². The van der Waals surface area contributed by atoms with Gasteiger partial charge < -0.3 is 18.9 Å². The smallest absolute Gasteiger partial charge is 0.462 e. The molecule has 0 amide bonds. The highest BCUT2D eigenvalue weighted by molar-refractivity contribution is 7.51. The molecule has 2 N–H and O–H groups in total. The number of cyclic esters (lactones) is 1. The molecule has 2 fully saturated rings. The summed E-state index contributed by atoms with van der Waals surface area (Å²) in [6.45, 7) is 4.68. The molecule has 3 heterocycles. The molecule has 1 aromatic rings. The molecular formula is C19H27FN3O11P. The normalized spacial score (nSPS) is 33.8. The quantitative estimate of drug-likeness (QED) is 0.414. The molecule has 3 rings (SSSR count). The molecule has 0 aliphatic carbocycles. The molecule has 0 bridgehead atoms. The third kappa shape index (κ3) is 6.76. The molecule has 1 aromatic heterocycles. The van der Waals surface area contributed by atoms with Gasteiger partial charge in [0.1, 0.15) is 25.0 Å². The number of aromatic amines is 1. The highest BCUT2D eigenvalue weighted by atomic mass is 31.2. The molecule has 2 aliphatic heterocycles. The number of nitrogens with zero attached hydrogens (tertiary/aromatic N) is 1. The minimum absolute atomic E-state index is 0.429. The molecule has 14 nitrogen and oxygen atoms in total. The van der Waals surface area contributed by atoms with Gasteiger partial charge in [-0.25, -0.2) is 23.6 Å². The van der Waals surface area contributed by atoms with E-state index in [4.69, 9.17) is 28.0 Å². The summed E-state index contributed by atoms with van der Waals surface area (Å²) in [6.07, 6.45) is -8.13. The highest BCUT2D eigenvalue weighted by Crippen LogP contribution is 2.47. The molecule has 0 spiro atoms. The highest BCUT2D eigenvalue weighted by Gasteiger charge is 2.49. The third-order valence-corrected chi connectivity index (χ3v) is 6.66. The van der Waals surface area contributed by atoms with Gasteiger partial charge in [-0.15, -0.1) is 0 Å². The van der Waals surface area contributed by atoms with Crippen LogP contribution in [0, 0.1) is 5.92 Å². The first-order valence-corrected chi connectivity index (χ1v) is 12.3. The first kappa shape index (κ1) is 27.0. The van der Waals surface area contributed by atoms with Crippen LogP contribution in [-0.2, 0) is 37.4 Å². The van der Waals surface area contributed by atoms with Crippen molar-refractivity contribution in [3.8, 4) is 0 Å². The summed E-state index contributed by atoms with van der Waals surface area (Å²) in [7, 11) is -4.32. The number of alkyl halides is 1. The van der Waals surface area contributed by atoms with Crippen molar-refractivity contribution in [2.75, 3.05) is 13.2 Å². The number of hydrogen-bond donors (Lipinski definition) is 2. The fraction of sp³-hybridized carbons (Fsp3) is 0.684. The van der Waals surface area contributed by atoms with Crippen LogP contribution >= 0.6 is 7.75 Å². The zero-order valence-corrected chi connectivity index (χ0v) is 20.3. The molecule has 196 valence electrons. The Morgan fingerprint density at radius 1 is 1.31 bits per heavy atom. The van der Waals surface area contributed by atoms with Crippen molar-refractivity contribution in [2.24, 2.45) is 5.92 Å². The summed E-state index contributed by atoms with van der Waals surface area (Å²) in [4.78, 5) is 49.7. The van der Waals surface area contributed by atoms with Crippen LogP contribution in [-0.4, -0.2) is 65.6 Å². The molecule has 0 aromatic carbocycles. The van der Waals surface area contributed by atoms with Gasteiger partial charge in [0.15, 0.2) is 6.10 Å². The maximum absolute atomic E-state index is 15.4. The summed E-state index contributed by atoms with van der Waals surface area (Å²) < 4.78 is 60.8. The SMILES string of the molecule is CC(C)OC(=O)CNP1(=O)OC[C@H]2O[C@@H](n3ccc(=O)[nH]c3=O)[C@@H](C)C(F)C2OC(=O)OC(C)O1. The fourth-order valence-corrected chi connectivity index (χ4v) is 4.83. The Bertz CT molecular complexity index is 1090. The topological polar surface area (TPSA) is 173 Å². The van der Waals surface area contributed by atoms with E-state index in [0.717, 1.165) is 16.8 Å². The Balaban J connectivity index is 1.85. The number of aromatic nitrogens is 2. The molecule has 35 heavy (non-hydrogen) atoms. The number of halogens is 1. The molecule has 16 heteroatoms. The lowest BCUT2D eigenvalue weighted by Crippen LogP contribution is -2.55. The first-order valence-electron chi connectivity index (χ1n) is 10.7. The van der Waals surface area contributed by atoms with Crippen molar-refractivity contribution in [3.05, 3.63) is 33.1 Å². The maximum atomic E-state index is 15.4. The van der Waals surface area contributed by atoms with Gasteiger partial charge in [-0.2, -0.15) is 0 Å². The summed E-state index contributed by atoms with van der Waals surface area (Å²) in [6, 6.07) is 1.05. The van der Waals surface area contributed by atoms with Gasteiger partial charge in [-0.1, -0.05) is 6.92 Å². The molecule has 0 radical (unpaired) electrons. The monoisotopic (exact) mass is 523 g/mol. The Morgan fingerprint density at radius 2 is 2.03 bits per heavy atom. The van der Waals surface area contributed by atoms with Crippen LogP contribution < -0.4 is 16.3 Å². The second-order valence-corrected chi connectivity index (χ2v) is 9.96. The summed E-state index contributed by atoms with van der Waals surface area (Å²) in [5, 5.41) is 2.30. The van der Waals surface area contributed by atoms with Crippen molar-refractivity contribution in [1.82, 2.24) is 14.6 Å². The van der Waals surface area contributed by atoms with Crippen molar-refractivity contribution in [1.29, 1.82) is 0 Å². The maximum Gasteiger partial charge on any atom is 0.511 e. The van der Waals surface area contributed by atoms with Crippen molar-refractivity contribution >= 4 is 19.9 Å². The van der Waals surface area contributed by atoms with Crippen LogP contribution in [0.1, 0.15) is 33.9 Å². The number of carbonyl (C=O) groups is 2. The minimum atomic E-state index is -4.32. The van der Waals surface area contributed by atoms with Crippen molar-refractivity contribution in [3.63, 3.8) is 0 Å². The predicted molar refractivity (Wildman–Crippen MR) is 114 cm³/mol. The number of rotatable bonds is 5. The second kappa shape index (κ2) is 11.0. The standard InChI is InChI=1S/C19H27FN3O11P/c1-9(2)30-14(25)7-21-35(28)29-8-12-16(33-19(27)31-11(4)34-35)15(20)10(3)17(32-12)23-6-5-13(24)22-18(23)26/h5-6,9-12,15-17H,7-8H2,1-4H3,(H,21,28)(H,22,24,26)/t10-,11?,12+,15?,16?,17+,35?/m0/s1. The van der Waals surface area contributed by atoms with E-state index in [0.29, 0.717) is 0 Å². The number of hydrogen-bond acceptors (Lipinski definition) is 11. The number of ether oxygens (including phenoxy) is 4. The molecule has 2 aliphatic rings. The van der Waals surface area contributed by atoms with Crippen molar-refractivity contribution < 1.29 is 46.5 Å². The van der Waals surface area contributed by atoms with Gasteiger partial charge in [-0.3, -0.25) is 28.2 Å². The third-order valence-electron chi connectivity index (χ3n) is 5.05. The number of nitrogens with one attached hydrogen (secondary N) is 2. The number of fused-ring (bicyclic) bond motifs is 1. The number of esters is 1. The number of carbonyl (C=O) groups excluding carboxylic acids is 2. The van der Waals surface area contributed by atoms with E-state index in [1.807, 2.05) is 4.98 Å². The molecular weight excluding hydrogens is 496 g/mol. The Labute approximate surface area is 198 Å². The Kier molecular flexibility index (Phi) is 8.49. The Morgan fingerprint density at radius 3 is 2.69 bits per heavy atom. The van der Waals surface area contributed by atoms with E-state index in [2.05, 4.69) is 5.09 Å². The van der Waals surface area contributed by atoms with E-state index in [1.54, 1.807) is 13.8 Å². The lowest BCUT2D eigenvalue weighted by molar-refractivity contribution is -0.222. The molecule has 4 unspecified atom stereocenters. The van der Waals surface area contributed by atoms with E-state index in [1.165, 1.54) is 13.8 Å². The lowest BCUT2D eigenvalue weighted by atomic mass is 9.92. The first-order chi connectivity index (χ1) is 16.4. The van der Waals surface area contributed by atoms with E-state index < -0.39 is 87.2 Å². The van der Waals surface area contributed by atoms with Gasteiger partial charge in [0.05, 0.1) is 12.7 Å². The van der Waals surface area contributed by atoms with Gasteiger partial charge in [0, 0.05) is 18.2 Å². The van der Waals surface area contributed by atoms with E-state index in [-0.39, 0.29) is 0 Å². The summed E-state index contributed by atoms with van der Waals surface area (Å²) >= 11 is 0. The van der Waals surface area contributed by atoms with Gasteiger partial charge >= 0.3 is 25.6 Å². The van der Waals surface area contributed by atoms with Crippen LogP contribution in [0.25, 0.3) is 0 Å². The average molecular weight is 523 g/mol. The van der Waals surface area contributed by atoms with Crippen LogP contribution in [0.4, 0.5) is 9.18 Å². The van der Waals surface area contributed by atoms with Gasteiger partial charge in [0.2, 0.25) is 6.29 Å². The summed E-state index contributed by atoms with van der Waals surface area (Å²) in [5.41, 5.74) is -1.51. The van der Waals surface area contributed by atoms with Crippen LogP contribution in [0.3, 0.4) is 0 Å². The van der Waals surface area contributed by atoms with Crippen molar-refractivity contribution in [2.45, 2.75) is 64.7 Å². The zero-order chi connectivity index (χ0) is 25.9. The molecule has 2 saturated heterocycles. The van der Waals surface area contributed by atoms with E-state index in [9.17, 15) is 23.7 Å². The predicted octanol–water partition coefficient (Wildman–Crippen LogP) is 0.972. The molecule has 0 saturated carbocycles. The van der Waals surface area contributed by atoms with Crippen LogP contribution in [0.5, 0.6) is 0 Å². The minimum Gasteiger partial charge on any atom is -0.462 e. The van der Waals surface area contributed by atoms with E-state index >= 15 is 4.39 Å². The lowest BCUT2D eigenvalue weighted by Gasteiger charge is -2.42. The zero-order valence-electron chi connectivity index (χ0n) is 19.4. The Hall–Kier alpha value is -2.58.